The van der Waals surface area contributed by atoms with Gasteiger partial charge in [-0.2, -0.15) is 0 Å². The van der Waals surface area contributed by atoms with E-state index in [1.54, 1.807) is 0 Å². The number of amides is 1. The average molecular weight is 190 g/mol. The first-order valence-electron chi connectivity index (χ1n) is 4.79. The Bertz CT molecular complexity index is 374. The van der Waals surface area contributed by atoms with Crippen LogP contribution in [0.15, 0.2) is 18.2 Å². The summed E-state index contributed by atoms with van der Waals surface area (Å²) in [6.07, 6.45) is 0.563. The van der Waals surface area contributed by atoms with Crippen LogP contribution in [0, 0.1) is 6.92 Å². The lowest BCUT2D eigenvalue weighted by Crippen LogP contribution is -2.13. The topological polar surface area (TPSA) is 55.1 Å². The summed E-state index contributed by atoms with van der Waals surface area (Å²) in [6, 6.07) is 6.02. The van der Waals surface area contributed by atoms with E-state index in [1.165, 1.54) is 0 Å². The van der Waals surface area contributed by atoms with Crippen molar-refractivity contribution in [1.29, 1.82) is 0 Å². The van der Waals surface area contributed by atoms with Gasteiger partial charge in [0.05, 0.1) is 0 Å². The van der Waals surface area contributed by atoms with Crippen LogP contribution in [-0.2, 0) is 4.79 Å². The Labute approximate surface area is 83.3 Å². The summed E-state index contributed by atoms with van der Waals surface area (Å²) >= 11 is 0. The van der Waals surface area contributed by atoms with Crippen LogP contribution in [0.5, 0.6) is 0 Å². The molecule has 1 unspecified atom stereocenters. The van der Waals surface area contributed by atoms with E-state index in [0.29, 0.717) is 13.0 Å². The van der Waals surface area contributed by atoms with Gasteiger partial charge in [-0.3, -0.25) is 4.79 Å². The lowest BCUT2D eigenvalue weighted by atomic mass is 9.95. The number of aryl methyl sites for hydroxylation is 1. The fraction of sp³-hybridized carbons (Fsp3) is 0.364. The van der Waals surface area contributed by atoms with Crippen LogP contribution in [0.1, 0.15) is 23.5 Å². The number of nitrogens with two attached hydrogens (primary N) is 1. The fourth-order valence-electron chi connectivity index (χ4n) is 1.89. The average Bonchev–Trinajstić information content (AvgIpc) is 2.51. The lowest BCUT2D eigenvalue weighted by molar-refractivity contribution is -0.119. The minimum atomic E-state index is 0.120. The number of nitrogen functional groups attached to an aromatic ring is 1. The van der Waals surface area contributed by atoms with Gasteiger partial charge in [-0.15, -0.1) is 0 Å². The van der Waals surface area contributed by atoms with E-state index in [9.17, 15) is 4.79 Å². The number of rotatable bonds is 1. The highest BCUT2D eigenvalue weighted by Gasteiger charge is 2.24. The molecule has 1 heterocycles. The van der Waals surface area contributed by atoms with Crippen LogP contribution < -0.4 is 11.1 Å². The maximum absolute atomic E-state index is 11.1. The third kappa shape index (κ3) is 1.58. The van der Waals surface area contributed by atoms with Gasteiger partial charge in [0.15, 0.2) is 0 Å². The van der Waals surface area contributed by atoms with Crippen LogP contribution in [0.3, 0.4) is 0 Å². The molecule has 0 radical (unpaired) electrons. The molecule has 0 saturated carbocycles. The van der Waals surface area contributed by atoms with E-state index in [2.05, 4.69) is 5.32 Å². The van der Waals surface area contributed by atoms with Crippen LogP contribution >= 0.6 is 0 Å². The molecule has 14 heavy (non-hydrogen) atoms. The highest BCUT2D eigenvalue weighted by molar-refractivity contribution is 5.80. The Morgan fingerprint density at radius 3 is 2.86 bits per heavy atom. The molecule has 1 aliphatic rings. The third-order valence-corrected chi connectivity index (χ3v) is 2.66. The Hall–Kier alpha value is -1.51. The lowest BCUT2D eigenvalue weighted by Gasteiger charge is -2.11. The molecular formula is C11H14N2O. The second-order valence-electron chi connectivity index (χ2n) is 3.84. The van der Waals surface area contributed by atoms with Gasteiger partial charge in [0, 0.05) is 24.6 Å². The number of hydrogen-bond acceptors (Lipinski definition) is 2. The van der Waals surface area contributed by atoms with Crippen molar-refractivity contribution in [2.24, 2.45) is 0 Å². The largest absolute Gasteiger partial charge is 0.398 e. The van der Waals surface area contributed by atoms with Gasteiger partial charge in [-0.25, -0.2) is 0 Å². The monoisotopic (exact) mass is 190 g/mol. The molecule has 1 amide bonds. The molecule has 3 heteroatoms. The van der Waals surface area contributed by atoms with Gasteiger partial charge in [0.25, 0.3) is 0 Å². The third-order valence-electron chi connectivity index (χ3n) is 2.66. The molecular weight excluding hydrogens is 176 g/mol. The van der Waals surface area contributed by atoms with Crippen molar-refractivity contribution >= 4 is 11.6 Å². The second kappa shape index (κ2) is 3.33. The molecule has 0 bridgehead atoms. The van der Waals surface area contributed by atoms with Crippen LogP contribution in [-0.4, -0.2) is 12.5 Å². The summed E-state index contributed by atoms with van der Waals surface area (Å²) in [5, 5.41) is 2.82. The zero-order chi connectivity index (χ0) is 10.1. The van der Waals surface area contributed by atoms with E-state index in [-0.39, 0.29) is 11.8 Å². The molecule has 1 saturated heterocycles. The molecule has 0 aliphatic carbocycles. The van der Waals surface area contributed by atoms with Gasteiger partial charge in [-0.1, -0.05) is 12.1 Å². The summed E-state index contributed by atoms with van der Waals surface area (Å²) in [4.78, 5) is 11.1. The van der Waals surface area contributed by atoms with Crippen LogP contribution in [0.2, 0.25) is 0 Å². The molecule has 1 fully saturated rings. The standard InChI is InChI=1S/C11H14N2O/c1-7-2-3-9(10(12)4-7)8-5-11(14)13-6-8/h2-4,8H,5-6,12H2,1H3,(H,13,14). The second-order valence-corrected chi connectivity index (χ2v) is 3.84. The molecule has 74 valence electrons. The smallest absolute Gasteiger partial charge is 0.220 e. The van der Waals surface area contributed by atoms with Crippen LogP contribution in [0.4, 0.5) is 5.69 Å². The first-order chi connectivity index (χ1) is 6.66. The van der Waals surface area contributed by atoms with Gasteiger partial charge in [0.1, 0.15) is 0 Å². The van der Waals surface area contributed by atoms with Gasteiger partial charge >= 0.3 is 0 Å². The van der Waals surface area contributed by atoms with E-state index >= 15 is 0 Å². The molecule has 1 atom stereocenters. The van der Waals surface area contributed by atoms with Crippen molar-refractivity contribution in [3.05, 3.63) is 29.3 Å². The molecule has 0 aromatic heterocycles. The predicted octanol–water partition coefficient (Wildman–Crippen LogP) is 1.18. The molecule has 2 rings (SSSR count). The highest BCUT2D eigenvalue weighted by atomic mass is 16.1. The molecule has 3 nitrogen and oxygen atoms in total. The highest BCUT2D eigenvalue weighted by Crippen LogP contribution is 2.28. The number of anilines is 1. The van der Waals surface area contributed by atoms with E-state index in [0.717, 1.165) is 16.8 Å². The SMILES string of the molecule is Cc1ccc(C2CNC(=O)C2)c(N)c1. The minimum absolute atomic E-state index is 0.120. The molecule has 1 aromatic carbocycles. The normalized spacial score (nSPS) is 20.9. The Morgan fingerprint density at radius 1 is 1.50 bits per heavy atom. The van der Waals surface area contributed by atoms with Gasteiger partial charge < -0.3 is 11.1 Å². The van der Waals surface area contributed by atoms with E-state index < -0.39 is 0 Å². The van der Waals surface area contributed by atoms with E-state index in [4.69, 9.17) is 5.73 Å². The zero-order valence-corrected chi connectivity index (χ0v) is 8.21. The Morgan fingerprint density at radius 2 is 2.29 bits per heavy atom. The van der Waals surface area contributed by atoms with Crippen molar-refractivity contribution in [2.45, 2.75) is 19.3 Å². The molecule has 3 N–H and O–H groups in total. The van der Waals surface area contributed by atoms with Crippen molar-refractivity contribution in [1.82, 2.24) is 5.32 Å². The summed E-state index contributed by atoms with van der Waals surface area (Å²) in [5.41, 5.74) is 8.95. The molecule has 1 aliphatic heterocycles. The summed E-state index contributed by atoms with van der Waals surface area (Å²) < 4.78 is 0. The summed E-state index contributed by atoms with van der Waals surface area (Å²) in [7, 11) is 0. The maximum Gasteiger partial charge on any atom is 0.220 e. The van der Waals surface area contributed by atoms with Gasteiger partial charge in [-0.05, 0) is 24.1 Å². The number of benzene rings is 1. The van der Waals surface area contributed by atoms with E-state index in [1.807, 2.05) is 25.1 Å². The van der Waals surface area contributed by atoms with Crippen molar-refractivity contribution in [2.75, 3.05) is 12.3 Å². The Kier molecular flexibility index (Phi) is 2.15. The first kappa shape index (κ1) is 9.06. The number of carbonyl (C=O) groups is 1. The van der Waals surface area contributed by atoms with Crippen molar-refractivity contribution in [3.8, 4) is 0 Å². The quantitative estimate of drug-likeness (QED) is 0.653. The summed E-state index contributed by atoms with van der Waals surface area (Å²) in [5.74, 6) is 0.373. The molecule has 0 spiro atoms. The minimum Gasteiger partial charge on any atom is -0.398 e. The van der Waals surface area contributed by atoms with Gasteiger partial charge in [0.2, 0.25) is 5.91 Å². The maximum atomic E-state index is 11.1. The van der Waals surface area contributed by atoms with Crippen LogP contribution in [0.25, 0.3) is 0 Å². The first-order valence-corrected chi connectivity index (χ1v) is 4.79. The number of carbonyl (C=O) groups excluding carboxylic acids is 1. The number of hydrogen-bond donors (Lipinski definition) is 2. The zero-order valence-electron chi connectivity index (χ0n) is 8.21. The predicted molar refractivity (Wildman–Crippen MR) is 56.0 cm³/mol. The summed E-state index contributed by atoms with van der Waals surface area (Å²) in [6.45, 7) is 2.73. The van der Waals surface area contributed by atoms with Crippen molar-refractivity contribution < 1.29 is 4.79 Å². The van der Waals surface area contributed by atoms with Crippen molar-refractivity contribution in [3.63, 3.8) is 0 Å². The number of nitrogens with one attached hydrogen (secondary N) is 1. The Balaban J connectivity index is 2.28. The molecule has 1 aromatic rings. The fourth-order valence-corrected chi connectivity index (χ4v) is 1.89.